The van der Waals surface area contributed by atoms with Crippen molar-refractivity contribution in [2.24, 2.45) is 0 Å². The Morgan fingerprint density at radius 1 is 1.32 bits per heavy atom. The van der Waals surface area contributed by atoms with E-state index in [1.807, 2.05) is 19.1 Å². The van der Waals surface area contributed by atoms with Crippen molar-refractivity contribution in [2.75, 3.05) is 12.4 Å². The number of carbonyl (C=O) groups excluding carboxylic acids is 1. The molecule has 3 nitrogen and oxygen atoms in total. The molecule has 0 saturated heterocycles. The average Bonchev–Trinajstić information content (AvgIpc) is 2.45. The van der Waals surface area contributed by atoms with Crippen molar-refractivity contribution in [3.05, 3.63) is 29.3 Å². The summed E-state index contributed by atoms with van der Waals surface area (Å²) < 4.78 is 4.97. The molecule has 1 unspecified atom stereocenters. The number of methoxy groups -OCH3 is 1. The fourth-order valence-electron chi connectivity index (χ4n) is 2.11. The Bertz CT molecular complexity index is 405. The van der Waals surface area contributed by atoms with Gasteiger partial charge in [-0.1, -0.05) is 38.3 Å². The number of halogens is 1. The van der Waals surface area contributed by atoms with Gasteiger partial charge in [-0.15, -0.1) is 0 Å². The third-order valence-electron chi connectivity index (χ3n) is 3.36. The molecule has 0 spiro atoms. The second-order valence-electron chi connectivity index (χ2n) is 4.66. The molecule has 0 aliphatic heterocycles. The Morgan fingerprint density at radius 2 is 1.95 bits per heavy atom. The van der Waals surface area contributed by atoms with Crippen molar-refractivity contribution in [1.29, 1.82) is 0 Å². The van der Waals surface area contributed by atoms with Gasteiger partial charge in [0.25, 0.3) is 0 Å². The molecule has 106 valence electrons. The van der Waals surface area contributed by atoms with Gasteiger partial charge in [0.05, 0.1) is 7.11 Å². The van der Waals surface area contributed by atoms with Gasteiger partial charge in [-0.2, -0.15) is 0 Å². The highest BCUT2D eigenvalue weighted by Crippen LogP contribution is 2.27. The lowest BCUT2D eigenvalue weighted by Crippen LogP contribution is -2.46. The summed E-state index contributed by atoms with van der Waals surface area (Å²) in [6, 6.07) is 7.37. The average molecular weight is 284 g/mol. The number of nitrogens with one attached hydrogen (secondary N) is 1. The number of hydrogen-bond acceptors (Lipinski definition) is 3. The highest BCUT2D eigenvalue weighted by Gasteiger charge is 2.37. The molecule has 4 heteroatoms. The van der Waals surface area contributed by atoms with E-state index in [0.717, 1.165) is 24.9 Å². The molecule has 1 aromatic carbocycles. The molecule has 0 saturated carbocycles. The third-order valence-corrected chi connectivity index (χ3v) is 3.62. The number of rotatable bonds is 7. The number of anilines is 1. The Balaban J connectivity index is 2.94. The summed E-state index contributed by atoms with van der Waals surface area (Å²) in [5.41, 5.74) is 0.228. The van der Waals surface area contributed by atoms with Gasteiger partial charge in [-0.25, -0.2) is 4.79 Å². The minimum atomic E-state index is -0.654. The van der Waals surface area contributed by atoms with Gasteiger partial charge in [-0.05, 0) is 37.1 Å². The molecular formula is C15H22ClNO2. The lowest BCUT2D eigenvalue weighted by molar-refractivity contribution is -0.146. The van der Waals surface area contributed by atoms with E-state index >= 15 is 0 Å². The number of esters is 1. The molecule has 0 heterocycles. The van der Waals surface area contributed by atoms with Crippen molar-refractivity contribution < 1.29 is 9.53 Å². The third kappa shape index (κ3) is 4.13. The van der Waals surface area contributed by atoms with Crippen LogP contribution in [-0.4, -0.2) is 18.6 Å². The zero-order valence-electron chi connectivity index (χ0n) is 11.8. The molecule has 0 bridgehead atoms. The van der Waals surface area contributed by atoms with Crippen molar-refractivity contribution in [3.63, 3.8) is 0 Å². The van der Waals surface area contributed by atoms with Crippen molar-refractivity contribution in [3.8, 4) is 0 Å². The standard InChI is InChI=1S/C15H22ClNO2/c1-4-6-11-15(5-2,14(18)19-3)17-13-9-7-12(16)8-10-13/h7-10,17H,4-6,11H2,1-3H3. The largest absolute Gasteiger partial charge is 0.467 e. The molecule has 1 rings (SSSR count). The molecular weight excluding hydrogens is 262 g/mol. The van der Waals surface area contributed by atoms with E-state index in [1.54, 1.807) is 12.1 Å². The normalized spacial score (nSPS) is 13.7. The van der Waals surface area contributed by atoms with Crippen LogP contribution in [0, 0.1) is 0 Å². The number of hydrogen-bond donors (Lipinski definition) is 1. The molecule has 0 fully saturated rings. The van der Waals surface area contributed by atoms with Gasteiger partial charge in [0, 0.05) is 10.7 Å². The van der Waals surface area contributed by atoms with Gasteiger partial charge in [-0.3, -0.25) is 0 Å². The molecule has 0 aliphatic rings. The molecule has 1 N–H and O–H groups in total. The summed E-state index contributed by atoms with van der Waals surface area (Å²) in [6.45, 7) is 4.11. The van der Waals surface area contributed by atoms with Crippen molar-refractivity contribution in [2.45, 2.75) is 45.1 Å². The minimum absolute atomic E-state index is 0.210. The quantitative estimate of drug-likeness (QED) is 0.760. The predicted octanol–water partition coefficient (Wildman–Crippen LogP) is 4.26. The first-order valence-corrected chi connectivity index (χ1v) is 7.08. The van der Waals surface area contributed by atoms with Gasteiger partial charge in [0.1, 0.15) is 5.54 Å². The molecule has 0 amide bonds. The lowest BCUT2D eigenvalue weighted by atomic mass is 9.89. The Kier molecular flexibility index (Phi) is 6.16. The number of benzene rings is 1. The molecule has 0 aromatic heterocycles. The number of unbranched alkanes of at least 4 members (excludes halogenated alkanes) is 1. The fraction of sp³-hybridized carbons (Fsp3) is 0.533. The van der Waals surface area contributed by atoms with Gasteiger partial charge in [0.2, 0.25) is 0 Å². The van der Waals surface area contributed by atoms with Crippen LogP contribution >= 0.6 is 11.6 Å². The van der Waals surface area contributed by atoms with E-state index in [4.69, 9.17) is 16.3 Å². The topological polar surface area (TPSA) is 38.3 Å². The Labute approximate surface area is 120 Å². The van der Waals surface area contributed by atoms with Crippen molar-refractivity contribution in [1.82, 2.24) is 0 Å². The summed E-state index contributed by atoms with van der Waals surface area (Å²) >= 11 is 5.87. The molecule has 0 aliphatic carbocycles. The highest BCUT2D eigenvalue weighted by atomic mass is 35.5. The van der Waals surface area contributed by atoms with Crippen LogP contribution in [0.3, 0.4) is 0 Å². The summed E-state index contributed by atoms with van der Waals surface area (Å²) in [6.07, 6.45) is 3.46. The van der Waals surface area contributed by atoms with Crippen LogP contribution in [0.1, 0.15) is 39.5 Å². The molecule has 1 aromatic rings. The van der Waals surface area contributed by atoms with E-state index in [2.05, 4.69) is 12.2 Å². The number of ether oxygens (including phenoxy) is 1. The fourth-order valence-corrected chi connectivity index (χ4v) is 2.23. The van der Waals surface area contributed by atoms with E-state index in [-0.39, 0.29) is 5.97 Å². The van der Waals surface area contributed by atoms with Crippen LogP contribution in [0.2, 0.25) is 5.02 Å². The minimum Gasteiger partial charge on any atom is -0.467 e. The maximum Gasteiger partial charge on any atom is 0.331 e. The van der Waals surface area contributed by atoms with E-state index in [9.17, 15) is 4.79 Å². The molecule has 0 radical (unpaired) electrons. The van der Waals surface area contributed by atoms with Crippen LogP contribution in [0.25, 0.3) is 0 Å². The lowest BCUT2D eigenvalue weighted by Gasteiger charge is -2.32. The second kappa shape index (κ2) is 7.39. The predicted molar refractivity (Wildman–Crippen MR) is 79.6 cm³/mol. The summed E-state index contributed by atoms with van der Waals surface area (Å²) in [4.78, 5) is 12.1. The second-order valence-corrected chi connectivity index (χ2v) is 5.10. The van der Waals surface area contributed by atoms with Crippen LogP contribution in [0.4, 0.5) is 5.69 Å². The van der Waals surface area contributed by atoms with E-state index in [0.29, 0.717) is 11.4 Å². The van der Waals surface area contributed by atoms with Crippen LogP contribution < -0.4 is 5.32 Å². The Morgan fingerprint density at radius 3 is 2.42 bits per heavy atom. The van der Waals surface area contributed by atoms with Gasteiger partial charge >= 0.3 is 5.97 Å². The monoisotopic (exact) mass is 283 g/mol. The smallest absolute Gasteiger partial charge is 0.331 e. The summed E-state index contributed by atoms with van der Waals surface area (Å²) in [5.74, 6) is -0.210. The first-order valence-electron chi connectivity index (χ1n) is 6.70. The molecule has 19 heavy (non-hydrogen) atoms. The zero-order valence-corrected chi connectivity index (χ0v) is 12.6. The highest BCUT2D eigenvalue weighted by molar-refractivity contribution is 6.30. The zero-order chi connectivity index (χ0) is 14.3. The van der Waals surface area contributed by atoms with Gasteiger partial charge in [0.15, 0.2) is 0 Å². The number of carbonyl (C=O) groups is 1. The van der Waals surface area contributed by atoms with Crippen LogP contribution in [-0.2, 0) is 9.53 Å². The summed E-state index contributed by atoms with van der Waals surface area (Å²) in [5, 5.41) is 4.00. The SMILES string of the molecule is CCCCC(CC)(Nc1ccc(Cl)cc1)C(=O)OC. The Hall–Kier alpha value is -1.22. The maximum atomic E-state index is 12.1. The van der Waals surface area contributed by atoms with Gasteiger partial charge < -0.3 is 10.1 Å². The van der Waals surface area contributed by atoms with E-state index in [1.165, 1.54) is 7.11 Å². The molecule has 1 atom stereocenters. The van der Waals surface area contributed by atoms with E-state index < -0.39 is 5.54 Å². The van der Waals surface area contributed by atoms with Crippen LogP contribution in [0.5, 0.6) is 0 Å². The first-order chi connectivity index (χ1) is 9.07. The van der Waals surface area contributed by atoms with Crippen molar-refractivity contribution >= 4 is 23.3 Å². The first kappa shape index (κ1) is 15.8. The summed E-state index contributed by atoms with van der Waals surface area (Å²) in [7, 11) is 1.43. The maximum absolute atomic E-state index is 12.1. The van der Waals surface area contributed by atoms with Crippen LogP contribution in [0.15, 0.2) is 24.3 Å².